The molecule has 2 unspecified atom stereocenters. The van der Waals surface area contributed by atoms with E-state index in [4.69, 9.17) is 16.7 Å². The Kier molecular flexibility index (Phi) is 2.11. The average Bonchev–Trinajstić information content (AvgIpc) is 2.88. The predicted octanol–water partition coefficient (Wildman–Crippen LogP) is 2.23. The molecule has 2 rings (SSSR count). The van der Waals surface area contributed by atoms with Crippen LogP contribution in [-0.2, 0) is 4.79 Å². The van der Waals surface area contributed by atoms with Gasteiger partial charge in [0.05, 0.1) is 5.92 Å². The van der Waals surface area contributed by atoms with Gasteiger partial charge >= 0.3 is 5.97 Å². The van der Waals surface area contributed by atoms with Crippen molar-refractivity contribution in [3.05, 3.63) is 28.8 Å². The van der Waals surface area contributed by atoms with Crippen molar-refractivity contribution in [3.63, 3.8) is 0 Å². The highest BCUT2D eigenvalue weighted by atomic mass is 35.5. The first-order valence-corrected chi connectivity index (χ1v) is 4.68. The van der Waals surface area contributed by atoms with Crippen LogP contribution in [0.1, 0.15) is 17.9 Å². The zero-order valence-electron chi connectivity index (χ0n) is 7.27. The van der Waals surface area contributed by atoms with Crippen LogP contribution in [0.4, 0.5) is 0 Å². The van der Waals surface area contributed by atoms with Gasteiger partial charge in [-0.15, -0.1) is 0 Å². The summed E-state index contributed by atoms with van der Waals surface area (Å²) in [5, 5.41) is 18.7. The van der Waals surface area contributed by atoms with E-state index in [1.807, 2.05) is 0 Å². The number of rotatable bonds is 2. The molecule has 0 bridgehead atoms. The summed E-state index contributed by atoms with van der Waals surface area (Å²) in [7, 11) is 0. The van der Waals surface area contributed by atoms with Crippen LogP contribution < -0.4 is 0 Å². The molecule has 4 heteroatoms. The number of benzene rings is 1. The van der Waals surface area contributed by atoms with E-state index in [-0.39, 0.29) is 17.6 Å². The molecule has 74 valence electrons. The lowest BCUT2D eigenvalue weighted by atomic mass is 10.1. The van der Waals surface area contributed by atoms with Crippen molar-refractivity contribution >= 4 is 17.6 Å². The molecule has 1 aliphatic carbocycles. The van der Waals surface area contributed by atoms with Gasteiger partial charge in [0.1, 0.15) is 5.75 Å². The summed E-state index contributed by atoms with van der Waals surface area (Å²) in [6, 6.07) is 4.71. The molecule has 2 N–H and O–H groups in total. The normalized spacial score (nSPS) is 24.6. The number of aliphatic carboxylic acids is 1. The van der Waals surface area contributed by atoms with E-state index in [2.05, 4.69) is 0 Å². The number of hydrogen-bond donors (Lipinski definition) is 2. The highest BCUT2D eigenvalue weighted by Crippen LogP contribution is 2.50. The fourth-order valence-electron chi connectivity index (χ4n) is 1.63. The van der Waals surface area contributed by atoms with Crippen LogP contribution in [0.25, 0.3) is 0 Å². The van der Waals surface area contributed by atoms with Gasteiger partial charge in [0.25, 0.3) is 0 Å². The first-order valence-electron chi connectivity index (χ1n) is 4.31. The Hall–Kier alpha value is -1.22. The third-order valence-electron chi connectivity index (χ3n) is 2.50. The number of carboxylic acid groups (broad SMARTS) is 1. The lowest BCUT2D eigenvalue weighted by Crippen LogP contribution is -1.98. The van der Waals surface area contributed by atoms with Gasteiger partial charge in [0.15, 0.2) is 0 Å². The van der Waals surface area contributed by atoms with Crippen LogP contribution >= 0.6 is 11.6 Å². The van der Waals surface area contributed by atoms with Gasteiger partial charge in [-0.25, -0.2) is 0 Å². The Balaban J connectivity index is 2.26. The molecule has 2 atom stereocenters. The molecule has 0 aromatic heterocycles. The summed E-state index contributed by atoms with van der Waals surface area (Å²) in [6.45, 7) is 0. The van der Waals surface area contributed by atoms with Gasteiger partial charge in [-0.2, -0.15) is 0 Å². The van der Waals surface area contributed by atoms with Crippen molar-refractivity contribution in [1.82, 2.24) is 0 Å². The third kappa shape index (κ3) is 1.55. The van der Waals surface area contributed by atoms with Crippen LogP contribution in [0.15, 0.2) is 18.2 Å². The number of hydrogen-bond acceptors (Lipinski definition) is 2. The van der Waals surface area contributed by atoms with Gasteiger partial charge < -0.3 is 10.2 Å². The third-order valence-corrected chi connectivity index (χ3v) is 2.73. The number of phenolic OH excluding ortho intramolecular Hbond substituents is 1. The zero-order chi connectivity index (χ0) is 10.3. The van der Waals surface area contributed by atoms with E-state index in [1.165, 1.54) is 6.07 Å². The number of carbonyl (C=O) groups is 1. The van der Waals surface area contributed by atoms with Gasteiger partial charge in [-0.05, 0) is 30.2 Å². The maximum Gasteiger partial charge on any atom is 0.307 e. The zero-order valence-corrected chi connectivity index (χ0v) is 8.03. The Morgan fingerprint density at radius 2 is 2.21 bits per heavy atom. The molecule has 1 aromatic carbocycles. The van der Waals surface area contributed by atoms with E-state index in [9.17, 15) is 9.90 Å². The minimum Gasteiger partial charge on any atom is -0.508 e. The van der Waals surface area contributed by atoms with E-state index >= 15 is 0 Å². The molecule has 0 spiro atoms. The number of halogens is 1. The highest BCUT2D eigenvalue weighted by Gasteiger charge is 2.45. The first-order chi connectivity index (χ1) is 6.59. The quantitative estimate of drug-likeness (QED) is 0.791. The first kappa shape index (κ1) is 9.34. The average molecular weight is 213 g/mol. The van der Waals surface area contributed by atoms with Gasteiger partial charge in [0, 0.05) is 10.9 Å². The van der Waals surface area contributed by atoms with E-state index in [1.54, 1.807) is 12.1 Å². The standard InChI is InChI=1S/C10H9ClO3/c11-5-1-2-9(12)7(3-5)6-4-8(6)10(13)14/h1-3,6,8,12H,4H2,(H,13,14). The molecule has 0 radical (unpaired) electrons. The summed E-state index contributed by atoms with van der Waals surface area (Å²) in [5.41, 5.74) is 0.643. The molecular weight excluding hydrogens is 204 g/mol. The number of phenols is 1. The molecule has 0 heterocycles. The summed E-state index contributed by atoms with van der Waals surface area (Å²) in [6.07, 6.45) is 0.587. The Labute approximate surface area is 85.9 Å². The molecule has 14 heavy (non-hydrogen) atoms. The predicted molar refractivity (Wildman–Crippen MR) is 51.6 cm³/mol. The largest absolute Gasteiger partial charge is 0.508 e. The second kappa shape index (κ2) is 3.17. The maximum atomic E-state index is 10.6. The molecule has 0 saturated heterocycles. The van der Waals surface area contributed by atoms with Crippen molar-refractivity contribution in [2.45, 2.75) is 12.3 Å². The van der Waals surface area contributed by atoms with Crippen molar-refractivity contribution in [2.75, 3.05) is 0 Å². The minimum atomic E-state index is -0.811. The summed E-state index contributed by atoms with van der Waals surface area (Å²) < 4.78 is 0. The minimum absolute atomic E-state index is 0.0776. The van der Waals surface area contributed by atoms with Crippen LogP contribution in [0.2, 0.25) is 5.02 Å². The Morgan fingerprint density at radius 3 is 2.79 bits per heavy atom. The van der Waals surface area contributed by atoms with Gasteiger partial charge in [-0.1, -0.05) is 11.6 Å². The van der Waals surface area contributed by atoms with E-state index < -0.39 is 5.97 Å². The van der Waals surface area contributed by atoms with E-state index in [0.717, 1.165) is 0 Å². The van der Waals surface area contributed by atoms with Crippen LogP contribution in [0.5, 0.6) is 5.75 Å². The molecule has 1 aliphatic rings. The maximum absolute atomic E-state index is 10.6. The van der Waals surface area contributed by atoms with Crippen molar-refractivity contribution in [2.24, 2.45) is 5.92 Å². The summed E-state index contributed by atoms with van der Waals surface area (Å²) in [5.74, 6) is -1.12. The topological polar surface area (TPSA) is 57.5 Å². The SMILES string of the molecule is O=C(O)C1CC1c1cc(Cl)ccc1O. The molecule has 3 nitrogen and oxygen atoms in total. The molecule has 1 fully saturated rings. The lowest BCUT2D eigenvalue weighted by molar-refractivity contribution is -0.138. The molecule has 1 aromatic rings. The molecule has 1 saturated carbocycles. The molecule has 0 amide bonds. The van der Waals surface area contributed by atoms with Crippen molar-refractivity contribution in [1.29, 1.82) is 0 Å². The Morgan fingerprint density at radius 1 is 1.50 bits per heavy atom. The smallest absolute Gasteiger partial charge is 0.307 e. The fraction of sp³-hybridized carbons (Fsp3) is 0.300. The second-order valence-corrected chi connectivity index (χ2v) is 3.93. The summed E-state index contributed by atoms with van der Waals surface area (Å²) in [4.78, 5) is 10.6. The van der Waals surface area contributed by atoms with Crippen LogP contribution in [-0.4, -0.2) is 16.2 Å². The van der Waals surface area contributed by atoms with Gasteiger partial charge in [0.2, 0.25) is 0 Å². The highest BCUT2D eigenvalue weighted by molar-refractivity contribution is 6.30. The van der Waals surface area contributed by atoms with Gasteiger partial charge in [-0.3, -0.25) is 4.79 Å². The fourth-order valence-corrected chi connectivity index (χ4v) is 1.81. The number of carboxylic acids is 1. The summed E-state index contributed by atoms with van der Waals surface area (Å²) >= 11 is 5.76. The lowest BCUT2D eigenvalue weighted by Gasteiger charge is -2.02. The molecular formula is C10H9ClO3. The van der Waals surface area contributed by atoms with Crippen molar-refractivity contribution in [3.8, 4) is 5.75 Å². The monoisotopic (exact) mass is 212 g/mol. The van der Waals surface area contributed by atoms with E-state index in [0.29, 0.717) is 17.0 Å². The molecule has 0 aliphatic heterocycles. The second-order valence-electron chi connectivity index (χ2n) is 3.49. The van der Waals surface area contributed by atoms with Crippen molar-refractivity contribution < 1.29 is 15.0 Å². The Bertz CT molecular complexity index is 389. The number of aromatic hydroxyl groups is 1. The van der Waals surface area contributed by atoms with Crippen LogP contribution in [0.3, 0.4) is 0 Å². The van der Waals surface area contributed by atoms with Crippen LogP contribution in [0, 0.1) is 5.92 Å².